The molecule has 0 saturated carbocycles. The number of tetrazole rings is 1. The van der Waals surface area contributed by atoms with E-state index in [1.807, 2.05) is 47.8 Å². The topological polar surface area (TPSA) is 132 Å². The van der Waals surface area contributed by atoms with Crippen LogP contribution in [0.1, 0.15) is 17.2 Å². The number of amides is 2. The largest absolute Gasteiger partial charge is 0.508 e. The highest BCUT2D eigenvalue weighted by atomic mass is 32.1. The van der Waals surface area contributed by atoms with E-state index >= 15 is 0 Å². The molecule has 0 bridgehead atoms. The lowest BCUT2D eigenvalue weighted by atomic mass is 10.0. The Bertz CT molecular complexity index is 1670. The number of ether oxygens (including phenoxy) is 2. The van der Waals surface area contributed by atoms with Gasteiger partial charge in [0.1, 0.15) is 31.5 Å². The van der Waals surface area contributed by atoms with Gasteiger partial charge in [-0.3, -0.25) is 14.5 Å². The van der Waals surface area contributed by atoms with Crippen molar-refractivity contribution in [2.75, 3.05) is 18.1 Å². The number of carbonyl (C=O) groups is 2. The number of carbonyl (C=O) groups excluding carboxylic acids is 2. The molecule has 212 valence electrons. The smallest absolute Gasteiger partial charge is 0.251 e. The van der Waals surface area contributed by atoms with Crippen molar-refractivity contribution < 1.29 is 24.2 Å². The number of phenols is 1. The molecule has 0 fully saturated rings. The highest BCUT2D eigenvalue weighted by Crippen LogP contribution is 2.37. The van der Waals surface area contributed by atoms with E-state index in [-0.39, 0.29) is 18.8 Å². The first-order chi connectivity index (χ1) is 20.5. The normalized spacial score (nSPS) is 12.9. The van der Waals surface area contributed by atoms with E-state index in [9.17, 15) is 14.7 Å². The van der Waals surface area contributed by atoms with Gasteiger partial charge in [-0.2, -0.15) is 4.80 Å². The number of aromatic nitrogens is 4. The van der Waals surface area contributed by atoms with Crippen LogP contribution in [0.15, 0.2) is 90.3 Å². The Morgan fingerprint density at radius 1 is 0.976 bits per heavy atom. The highest BCUT2D eigenvalue weighted by molar-refractivity contribution is 7.13. The Morgan fingerprint density at radius 2 is 1.76 bits per heavy atom. The second-order valence-electron chi connectivity index (χ2n) is 9.41. The fourth-order valence-electron chi connectivity index (χ4n) is 4.59. The summed E-state index contributed by atoms with van der Waals surface area (Å²) >= 11 is 1.46. The summed E-state index contributed by atoms with van der Waals surface area (Å²) in [6.07, 6.45) is 0. The Balaban J connectivity index is 1.38. The van der Waals surface area contributed by atoms with Gasteiger partial charge in [-0.25, -0.2) is 0 Å². The van der Waals surface area contributed by atoms with Crippen molar-refractivity contribution in [2.24, 2.45) is 0 Å². The molecule has 0 aliphatic carbocycles. The summed E-state index contributed by atoms with van der Waals surface area (Å²) in [5.74, 6) is 0.565. The van der Waals surface area contributed by atoms with Crippen LogP contribution >= 0.6 is 11.3 Å². The van der Waals surface area contributed by atoms with E-state index < -0.39 is 17.9 Å². The number of thiophene rings is 1. The van der Waals surface area contributed by atoms with Gasteiger partial charge in [-0.05, 0) is 52.1 Å². The van der Waals surface area contributed by atoms with Crippen LogP contribution in [0.4, 0.5) is 5.69 Å². The fraction of sp³-hybridized carbons (Fsp3) is 0.167. The van der Waals surface area contributed by atoms with E-state index in [1.54, 1.807) is 30.3 Å². The zero-order valence-corrected chi connectivity index (χ0v) is 23.1. The number of fused-ring (bicyclic) bond motifs is 1. The van der Waals surface area contributed by atoms with Gasteiger partial charge < -0.3 is 19.9 Å². The van der Waals surface area contributed by atoms with Crippen LogP contribution in [0.2, 0.25) is 0 Å². The van der Waals surface area contributed by atoms with Crippen molar-refractivity contribution in [2.45, 2.75) is 19.1 Å². The summed E-state index contributed by atoms with van der Waals surface area (Å²) in [5.41, 5.74) is 1.81. The van der Waals surface area contributed by atoms with E-state index in [4.69, 9.17) is 9.47 Å². The molecule has 3 heterocycles. The van der Waals surface area contributed by atoms with Crippen molar-refractivity contribution in [3.8, 4) is 28.0 Å². The maximum absolute atomic E-state index is 14.1. The maximum Gasteiger partial charge on any atom is 0.251 e. The van der Waals surface area contributed by atoms with Gasteiger partial charge in [-0.15, -0.1) is 21.5 Å². The minimum Gasteiger partial charge on any atom is -0.508 e. The van der Waals surface area contributed by atoms with Gasteiger partial charge in [0, 0.05) is 18.3 Å². The number of phenolic OH excluding ortho intramolecular Hbond substituents is 1. The number of rotatable bonds is 9. The Labute approximate surface area is 244 Å². The lowest BCUT2D eigenvalue weighted by molar-refractivity contribution is -0.127. The molecule has 1 aliphatic heterocycles. The average Bonchev–Trinajstić information content (AvgIpc) is 3.72. The minimum atomic E-state index is -1.11. The average molecular weight is 583 g/mol. The summed E-state index contributed by atoms with van der Waals surface area (Å²) in [7, 11) is 0. The van der Waals surface area contributed by atoms with Gasteiger partial charge in [0.15, 0.2) is 11.5 Å². The van der Waals surface area contributed by atoms with Crippen molar-refractivity contribution in [1.82, 2.24) is 25.5 Å². The van der Waals surface area contributed by atoms with Gasteiger partial charge in [0.25, 0.3) is 5.91 Å². The summed E-state index contributed by atoms with van der Waals surface area (Å²) in [5, 5.41) is 27.4. The molecular formula is C30H26N6O5S. The SMILES string of the molecule is O=C(NCc1ccccc1)[C@@H](c1ccc(O)cc1)N(C(=O)Cn1nnc(-c2cccs2)n1)c1ccc2c(c1)OCCO2. The Morgan fingerprint density at radius 3 is 2.52 bits per heavy atom. The molecular weight excluding hydrogens is 556 g/mol. The molecule has 2 amide bonds. The summed E-state index contributed by atoms with van der Waals surface area (Å²) in [6.45, 7) is 0.745. The summed E-state index contributed by atoms with van der Waals surface area (Å²) in [4.78, 5) is 31.5. The van der Waals surface area contributed by atoms with Crippen LogP contribution in [0.5, 0.6) is 17.2 Å². The third-order valence-electron chi connectivity index (χ3n) is 6.57. The standard InChI is InChI=1S/C30H26N6O5S/c37-23-11-8-21(9-12-23)28(30(39)31-18-20-5-2-1-3-6-20)36(22-10-13-24-25(17-22)41-15-14-40-24)27(38)19-35-33-29(32-34-35)26-7-4-16-42-26/h1-13,16-17,28,37H,14-15,18-19H2,(H,31,39)/t28-/m1/s1. The van der Waals surface area contributed by atoms with E-state index in [0.717, 1.165) is 10.4 Å². The zero-order valence-electron chi connectivity index (χ0n) is 22.3. The van der Waals surface area contributed by atoms with Gasteiger partial charge >= 0.3 is 0 Å². The van der Waals surface area contributed by atoms with Gasteiger partial charge in [0.2, 0.25) is 11.7 Å². The fourth-order valence-corrected chi connectivity index (χ4v) is 5.23. The lowest BCUT2D eigenvalue weighted by Crippen LogP contribution is -2.45. The number of hydrogen-bond acceptors (Lipinski definition) is 9. The molecule has 42 heavy (non-hydrogen) atoms. The number of anilines is 1. The van der Waals surface area contributed by atoms with Gasteiger partial charge in [-0.1, -0.05) is 48.5 Å². The first kappa shape index (κ1) is 27.0. The molecule has 2 N–H and O–H groups in total. The number of benzene rings is 3. The quantitative estimate of drug-likeness (QED) is 0.267. The predicted molar refractivity (Wildman–Crippen MR) is 155 cm³/mol. The zero-order chi connectivity index (χ0) is 28.9. The minimum absolute atomic E-state index is 0.0346. The second kappa shape index (κ2) is 12.1. The van der Waals surface area contributed by atoms with Crippen molar-refractivity contribution in [3.63, 3.8) is 0 Å². The summed E-state index contributed by atoms with van der Waals surface area (Å²) in [6, 6.07) is 23.4. The van der Waals surface area contributed by atoms with E-state index in [1.165, 1.54) is 33.2 Å². The van der Waals surface area contributed by atoms with Crippen LogP contribution in [0, 0.1) is 0 Å². The molecule has 1 aliphatic rings. The van der Waals surface area contributed by atoms with E-state index in [2.05, 4.69) is 20.7 Å². The van der Waals surface area contributed by atoms with Crippen molar-refractivity contribution in [3.05, 3.63) is 101 Å². The molecule has 6 rings (SSSR count). The van der Waals surface area contributed by atoms with Crippen molar-refractivity contribution >= 4 is 28.8 Å². The van der Waals surface area contributed by atoms with Crippen LogP contribution in [-0.4, -0.2) is 50.3 Å². The lowest BCUT2D eigenvalue weighted by Gasteiger charge is -2.32. The van der Waals surface area contributed by atoms with E-state index in [0.29, 0.717) is 41.8 Å². The molecule has 3 aromatic carbocycles. The molecule has 0 saturated heterocycles. The van der Waals surface area contributed by atoms with Crippen molar-refractivity contribution in [1.29, 1.82) is 0 Å². The number of nitrogens with one attached hydrogen (secondary N) is 1. The number of nitrogens with zero attached hydrogens (tertiary/aromatic N) is 5. The molecule has 0 unspecified atom stereocenters. The van der Waals surface area contributed by atoms with Crippen LogP contribution in [0.25, 0.3) is 10.7 Å². The second-order valence-corrected chi connectivity index (χ2v) is 10.4. The molecule has 1 atom stereocenters. The monoisotopic (exact) mass is 582 g/mol. The van der Waals surface area contributed by atoms with Gasteiger partial charge in [0.05, 0.1) is 4.88 Å². The summed E-state index contributed by atoms with van der Waals surface area (Å²) < 4.78 is 11.5. The Kier molecular flexibility index (Phi) is 7.77. The first-order valence-electron chi connectivity index (χ1n) is 13.2. The molecule has 0 spiro atoms. The number of aromatic hydroxyl groups is 1. The molecule has 11 nitrogen and oxygen atoms in total. The predicted octanol–water partition coefficient (Wildman–Crippen LogP) is 3.97. The molecule has 2 aromatic heterocycles. The van der Waals surface area contributed by atoms with Crippen LogP contribution < -0.4 is 19.7 Å². The Hall–Kier alpha value is -5.23. The first-order valence-corrected chi connectivity index (χ1v) is 14.1. The van der Waals surface area contributed by atoms with Crippen LogP contribution in [0.3, 0.4) is 0 Å². The molecule has 12 heteroatoms. The molecule has 0 radical (unpaired) electrons. The van der Waals surface area contributed by atoms with Crippen LogP contribution in [-0.2, 0) is 22.7 Å². The third-order valence-corrected chi connectivity index (χ3v) is 7.43. The molecule has 5 aromatic rings. The third kappa shape index (κ3) is 5.93. The maximum atomic E-state index is 14.1. The highest BCUT2D eigenvalue weighted by Gasteiger charge is 2.34. The number of hydrogen-bond donors (Lipinski definition) is 2.